The van der Waals surface area contributed by atoms with Gasteiger partial charge in [0, 0.05) is 17.5 Å². The Balaban J connectivity index is 1.28. The molecule has 0 radical (unpaired) electrons. The standard InChI is InChI=1S/C27H34N12O9S2/c28-9-16-10-32-38(36-16)11-19-22(25(41)39(19)50(44,45)46)35-24(40)21(18-13-49-27(30)34-18)37-48-20(26(42)43)12-47-17-3-1-14(2-4-17)23(29)33-15-5-7-31-8-6-15/h1-4,10,13,15,19-20,22,31H,5-9,11-12,28H2,(H2,29,33)(H2,30,34)(H,35,40)(H,42,43)(H,44,45,46)/t19-,20-,22-/m0/s1. The van der Waals surface area contributed by atoms with Gasteiger partial charge in [-0.05, 0) is 50.2 Å². The van der Waals surface area contributed by atoms with Gasteiger partial charge in [0.05, 0.1) is 24.5 Å². The molecular formula is C27H34N12O9S2. The number of carbonyl (C=O) groups is 3. The lowest BCUT2D eigenvalue weighted by atomic mass is 9.98. The summed E-state index contributed by atoms with van der Waals surface area (Å²) in [6.45, 7) is 0.860. The Bertz CT molecular complexity index is 1870. The first-order chi connectivity index (χ1) is 23.8. The molecule has 0 spiro atoms. The number of aliphatic carboxylic acids is 1. The largest absolute Gasteiger partial charge is 0.489 e. The first kappa shape index (κ1) is 36.1. The van der Waals surface area contributed by atoms with E-state index in [1.54, 1.807) is 24.3 Å². The van der Waals surface area contributed by atoms with Gasteiger partial charge >= 0.3 is 16.3 Å². The number of benzene rings is 1. The average Bonchev–Trinajstić information content (AvgIpc) is 3.73. The van der Waals surface area contributed by atoms with Gasteiger partial charge in [-0.25, -0.2) is 14.1 Å². The Labute approximate surface area is 288 Å². The smallest absolute Gasteiger partial charge is 0.362 e. The van der Waals surface area contributed by atoms with Crippen LogP contribution in [0.5, 0.6) is 5.75 Å². The van der Waals surface area contributed by atoms with E-state index in [1.807, 2.05) is 0 Å². The van der Waals surface area contributed by atoms with Gasteiger partial charge in [0.15, 0.2) is 10.8 Å². The molecule has 2 aromatic heterocycles. The maximum atomic E-state index is 13.4. The number of oxime groups is 1. The molecule has 0 bridgehead atoms. The lowest BCUT2D eigenvalue weighted by Gasteiger charge is -2.43. The highest BCUT2D eigenvalue weighted by Gasteiger charge is 2.54. The molecule has 2 saturated heterocycles. The quantitative estimate of drug-likeness (QED) is 0.0283. The summed E-state index contributed by atoms with van der Waals surface area (Å²) in [6.07, 6.45) is 1.36. The molecule has 3 aromatic rings. The first-order valence-electron chi connectivity index (χ1n) is 15.0. The van der Waals surface area contributed by atoms with E-state index in [0.717, 1.165) is 42.1 Å². The Hall–Kier alpha value is -5.23. The summed E-state index contributed by atoms with van der Waals surface area (Å²) in [5, 5.41) is 28.4. The van der Waals surface area contributed by atoms with Crippen LogP contribution in [-0.4, -0.2) is 116 Å². The second-order valence-electron chi connectivity index (χ2n) is 11.0. The van der Waals surface area contributed by atoms with Crippen LogP contribution in [0.1, 0.15) is 29.8 Å². The summed E-state index contributed by atoms with van der Waals surface area (Å²) >= 11 is 0.932. The van der Waals surface area contributed by atoms with E-state index in [9.17, 15) is 32.5 Å². The predicted octanol–water partition coefficient (Wildman–Crippen LogP) is -2.32. The zero-order valence-corrected chi connectivity index (χ0v) is 27.8. The van der Waals surface area contributed by atoms with Crippen molar-refractivity contribution in [1.82, 2.24) is 34.9 Å². The van der Waals surface area contributed by atoms with Crippen molar-refractivity contribution in [2.24, 2.45) is 21.6 Å². The number of thiazole rings is 1. The van der Waals surface area contributed by atoms with Crippen molar-refractivity contribution >= 4 is 56.1 Å². The summed E-state index contributed by atoms with van der Waals surface area (Å²) in [5.74, 6) is -3.10. The molecule has 5 rings (SSSR count). The fourth-order valence-corrected chi connectivity index (χ4v) is 6.42. The molecule has 10 N–H and O–H groups in total. The van der Waals surface area contributed by atoms with E-state index >= 15 is 0 Å². The number of carboxylic acids is 1. The summed E-state index contributed by atoms with van der Waals surface area (Å²) in [6, 6.07) is 3.76. The molecule has 4 heterocycles. The van der Waals surface area contributed by atoms with Gasteiger partial charge in [0.25, 0.3) is 17.9 Å². The van der Waals surface area contributed by atoms with Crippen LogP contribution in [0.15, 0.2) is 46.0 Å². The zero-order valence-electron chi connectivity index (χ0n) is 26.2. The molecule has 50 heavy (non-hydrogen) atoms. The molecule has 21 nitrogen and oxygen atoms in total. The van der Waals surface area contributed by atoms with E-state index in [-0.39, 0.29) is 40.0 Å². The van der Waals surface area contributed by atoms with Crippen molar-refractivity contribution in [1.29, 1.82) is 0 Å². The summed E-state index contributed by atoms with van der Waals surface area (Å²) in [7, 11) is -5.03. The molecular weight excluding hydrogens is 701 g/mol. The lowest BCUT2D eigenvalue weighted by molar-refractivity contribution is -0.152. The van der Waals surface area contributed by atoms with E-state index in [0.29, 0.717) is 17.1 Å². The zero-order chi connectivity index (χ0) is 36.0. The number of amidine groups is 1. The number of carboxylic acid groups (broad SMARTS) is 1. The molecule has 0 aliphatic carbocycles. The SMILES string of the molecule is NCc1cnn(C[C@H]2[C@H](NC(=O)C(=NO[C@@H](COc3ccc(C(N)=NC4CCNCC4)cc3)C(=O)O)c3csc(N)n3)C(=O)N2S(=O)(=O)O)n1. The van der Waals surface area contributed by atoms with Gasteiger partial charge < -0.3 is 42.5 Å². The van der Waals surface area contributed by atoms with Gasteiger partial charge in [0.1, 0.15) is 36.0 Å². The number of piperidine rings is 1. The molecule has 2 amide bonds. The average molecular weight is 735 g/mol. The van der Waals surface area contributed by atoms with Gasteiger partial charge in [0.2, 0.25) is 0 Å². The molecule has 2 aliphatic heterocycles. The van der Waals surface area contributed by atoms with Gasteiger partial charge in [-0.15, -0.1) is 11.3 Å². The summed E-state index contributed by atoms with van der Waals surface area (Å²) in [5.41, 5.74) is 17.7. The summed E-state index contributed by atoms with van der Waals surface area (Å²) in [4.78, 5) is 53.1. The van der Waals surface area contributed by atoms with Crippen LogP contribution in [0.3, 0.4) is 0 Å². The second-order valence-corrected chi connectivity index (χ2v) is 13.2. The predicted molar refractivity (Wildman–Crippen MR) is 176 cm³/mol. The topological polar surface area (TPSA) is 318 Å². The van der Waals surface area contributed by atoms with Gasteiger partial charge in [-0.1, -0.05) is 5.16 Å². The number of aromatic nitrogens is 4. The van der Waals surface area contributed by atoms with Crippen molar-refractivity contribution < 1.29 is 42.0 Å². The molecule has 0 unspecified atom stereocenters. The number of hydrogen-bond donors (Lipinski definition) is 7. The molecule has 0 saturated carbocycles. The number of β-lactam (4-membered cyclic amide) rings is 1. The number of amides is 2. The van der Waals surface area contributed by atoms with Crippen LogP contribution < -0.4 is 32.6 Å². The minimum Gasteiger partial charge on any atom is -0.489 e. The van der Waals surface area contributed by atoms with Crippen LogP contribution in [0.25, 0.3) is 0 Å². The Morgan fingerprint density at radius 2 is 1.94 bits per heavy atom. The normalized spacial score (nSPS) is 19.5. The van der Waals surface area contributed by atoms with Crippen LogP contribution >= 0.6 is 11.3 Å². The second kappa shape index (κ2) is 15.5. The first-order valence-corrected chi connectivity index (χ1v) is 17.3. The minimum absolute atomic E-state index is 0.0270. The lowest BCUT2D eigenvalue weighted by Crippen LogP contribution is -2.73. The van der Waals surface area contributed by atoms with Crippen LogP contribution in [0.4, 0.5) is 5.13 Å². The highest BCUT2D eigenvalue weighted by Crippen LogP contribution is 2.25. The molecule has 2 fully saturated rings. The number of anilines is 1. The number of nitrogens with two attached hydrogens (primary N) is 3. The molecule has 23 heteroatoms. The number of carbonyl (C=O) groups excluding carboxylic acids is 2. The number of ether oxygens (including phenoxy) is 1. The van der Waals surface area contributed by atoms with Crippen molar-refractivity contribution in [3.05, 3.63) is 52.8 Å². The summed E-state index contributed by atoms with van der Waals surface area (Å²) < 4.78 is 39.3. The van der Waals surface area contributed by atoms with E-state index < -0.39 is 58.6 Å². The van der Waals surface area contributed by atoms with Crippen molar-refractivity contribution in [2.75, 3.05) is 25.4 Å². The van der Waals surface area contributed by atoms with Gasteiger partial charge in [-0.2, -0.15) is 23.4 Å². The van der Waals surface area contributed by atoms with Crippen LogP contribution in [-0.2, 0) is 42.6 Å². The number of nitrogen functional groups attached to an aromatic ring is 1. The van der Waals surface area contributed by atoms with E-state index in [4.69, 9.17) is 26.8 Å². The fraction of sp³-hybridized carbons (Fsp3) is 0.407. The Kier molecular flexibility index (Phi) is 11.2. The number of nitrogens with one attached hydrogen (secondary N) is 2. The molecule has 3 atom stereocenters. The third-order valence-electron chi connectivity index (χ3n) is 7.56. The van der Waals surface area contributed by atoms with Crippen molar-refractivity contribution in [3.63, 3.8) is 0 Å². The van der Waals surface area contributed by atoms with Crippen molar-refractivity contribution in [3.8, 4) is 5.75 Å². The van der Waals surface area contributed by atoms with Crippen LogP contribution in [0, 0.1) is 0 Å². The Morgan fingerprint density at radius 3 is 2.54 bits per heavy atom. The number of rotatable bonds is 15. The number of nitrogens with zero attached hydrogens (tertiary/aromatic N) is 7. The monoisotopic (exact) mass is 734 g/mol. The molecule has 1 aromatic carbocycles. The maximum Gasteiger partial charge on any atom is 0.362 e. The third-order valence-corrected chi connectivity index (χ3v) is 9.18. The number of aliphatic imine (C=N–C) groups is 1. The number of hydrogen-bond acceptors (Lipinski definition) is 16. The molecule has 2 aliphatic rings. The fourth-order valence-electron chi connectivity index (χ4n) is 5.00. The highest BCUT2D eigenvalue weighted by molar-refractivity contribution is 7.84. The van der Waals surface area contributed by atoms with Gasteiger partial charge in [-0.3, -0.25) is 19.1 Å². The third kappa shape index (κ3) is 8.67. The maximum absolute atomic E-state index is 13.4. The van der Waals surface area contributed by atoms with Crippen molar-refractivity contribution in [2.45, 2.75) is 50.2 Å². The minimum atomic E-state index is -5.03. The van der Waals surface area contributed by atoms with E-state index in [1.165, 1.54) is 11.6 Å². The molecule has 268 valence electrons. The Morgan fingerprint density at radius 1 is 1.22 bits per heavy atom. The highest BCUT2D eigenvalue weighted by atomic mass is 32.2. The van der Waals surface area contributed by atoms with Crippen LogP contribution in [0.2, 0.25) is 0 Å². The van der Waals surface area contributed by atoms with E-state index in [2.05, 4.69) is 36.0 Å².